The third-order valence-corrected chi connectivity index (χ3v) is 5.01. The number of halogens is 3. The number of carbonyl (C=O) groups excluding carboxylic acids is 1. The van der Waals surface area contributed by atoms with Crippen molar-refractivity contribution in [3.8, 4) is 5.69 Å². The molecule has 10 heteroatoms. The van der Waals surface area contributed by atoms with Crippen molar-refractivity contribution < 1.29 is 18.0 Å². The van der Waals surface area contributed by atoms with E-state index in [9.17, 15) is 22.8 Å². The molecule has 1 aliphatic rings. The quantitative estimate of drug-likeness (QED) is 0.640. The Kier molecular flexibility index (Phi) is 5.45. The molecule has 0 bridgehead atoms. The first-order chi connectivity index (χ1) is 14.8. The van der Waals surface area contributed by atoms with Gasteiger partial charge in [0.25, 0.3) is 11.5 Å². The largest absolute Gasteiger partial charge is 0.416 e. The van der Waals surface area contributed by atoms with E-state index >= 15 is 0 Å². The molecular weight excluding hydrogens is 411 g/mol. The van der Waals surface area contributed by atoms with E-state index < -0.39 is 17.3 Å². The summed E-state index contributed by atoms with van der Waals surface area (Å²) in [5.74, 6) is 0.294. The predicted molar refractivity (Wildman–Crippen MR) is 107 cm³/mol. The van der Waals surface area contributed by atoms with E-state index in [0.29, 0.717) is 32.1 Å². The monoisotopic (exact) mass is 429 g/mol. The fourth-order valence-electron chi connectivity index (χ4n) is 3.39. The maximum absolute atomic E-state index is 13.0. The minimum Gasteiger partial charge on any atom is -0.337 e. The molecule has 0 saturated carbocycles. The zero-order chi connectivity index (χ0) is 22.0. The van der Waals surface area contributed by atoms with E-state index in [1.165, 1.54) is 30.5 Å². The Labute approximate surface area is 175 Å². The molecule has 1 saturated heterocycles. The Morgan fingerprint density at radius 1 is 0.935 bits per heavy atom. The Morgan fingerprint density at radius 2 is 1.65 bits per heavy atom. The molecule has 0 spiro atoms. The van der Waals surface area contributed by atoms with Gasteiger partial charge in [-0.05, 0) is 30.3 Å². The standard InChI is InChI=1S/C21H18F3N5O2/c22-21(23,24)16-3-1-4-17(13-16)29-14-15(5-6-18(29)30)19(31)27-9-11-28(12-10-27)20-25-7-2-8-26-20/h1-8,13-14H,9-12H2. The van der Waals surface area contributed by atoms with Crippen molar-refractivity contribution in [3.05, 3.63) is 82.5 Å². The van der Waals surface area contributed by atoms with Crippen molar-refractivity contribution in [2.24, 2.45) is 0 Å². The molecule has 1 aromatic carbocycles. The molecule has 160 valence electrons. The molecule has 0 unspecified atom stereocenters. The second-order valence-electron chi connectivity index (χ2n) is 7.00. The lowest BCUT2D eigenvalue weighted by atomic mass is 10.1. The number of benzene rings is 1. The number of rotatable bonds is 3. The van der Waals surface area contributed by atoms with E-state index in [2.05, 4.69) is 9.97 Å². The van der Waals surface area contributed by atoms with Gasteiger partial charge in [0.1, 0.15) is 0 Å². The van der Waals surface area contributed by atoms with Crippen LogP contribution in [0.25, 0.3) is 5.69 Å². The zero-order valence-corrected chi connectivity index (χ0v) is 16.3. The molecular formula is C21H18F3N5O2. The van der Waals surface area contributed by atoms with Gasteiger partial charge in [-0.2, -0.15) is 13.2 Å². The van der Waals surface area contributed by atoms with Gasteiger partial charge >= 0.3 is 6.18 Å². The van der Waals surface area contributed by atoms with Crippen LogP contribution in [0.3, 0.4) is 0 Å². The zero-order valence-electron chi connectivity index (χ0n) is 16.3. The number of nitrogens with zero attached hydrogens (tertiary/aromatic N) is 5. The van der Waals surface area contributed by atoms with Gasteiger partial charge in [0.15, 0.2) is 0 Å². The number of hydrogen-bond donors (Lipinski definition) is 0. The highest BCUT2D eigenvalue weighted by Crippen LogP contribution is 2.30. The number of piperazine rings is 1. The summed E-state index contributed by atoms with van der Waals surface area (Å²) in [6, 6.07) is 8.73. The normalized spacial score (nSPS) is 14.5. The smallest absolute Gasteiger partial charge is 0.337 e. The lowest BCUT2D eigenvalue weighted by Crippen LogP contribution is -2.49. The van der Waals surface area contributed by atoms with Crippen molar-refractivity contribution in [1.82, 2.24) is 19.4 Å². The van der Waals surface area contributed by atoms with Crippen LogP contribution in [-0.4, -0.2) is 51.5 Å². The molecule has 7 nitrogen and oxygen atoms in total. The first-order valence-electron chi connectivity index (χ1n) is 9.54. The van der Waals surface area contributed by atoms with Crippen LogP contribution >= 0.6 is 0 Å². The summed E-state index contributed by atoms with van der Waals surface area (Å²) >= 11 is 0. The Morgan fingerprint density at radius 3 is 2.32 bits per heavy atom. The summed E-state index contributed by atoms with van der Waals surface area (Å²) in [6.45, 7) is 1.95. The van der Waals surface area contributed by atoms with Crippen LogP contribution in [-0.2, 0) is 6.18 Å². The van der Waals surface area contributed by atoms with Crippen LogP contribution in [0.4, 0.5) is 19.1 Å². The van der Waals surface area contributed by atoms with Crippen molar-refractivity contribution in [1.29, 1.82) is 0 Å². The number of anilines is 1. The van der Waals surface area contributed by atoms with E-state index in [1.807, 2.05) is 4.90 Å². The van der Waals surface area contributed by atoms with Gasteiger partial charge in [-0.25, -0.2) is 9.97 Å². The van der Waals surface area contributed by atoms with E-state index in [4.69, 9.17) is 0 Å². The maximum atomic E-state index is 13.0. The van der Waals surface area contributed by atoms with E-state index in [0.717, 1.165) is 16.7 Å². The summed E-state index contributed by atoms with van der Waals surface area (Å²) in [5.41, 5.74) is -1.13. The molecule has 0 atom stereocenters. The second kappa shape index (κ2) is 8.21. The van der Waals surface area contributed by atoms with Crippen LogP contribution < -0.4 is 10.5 Å². The highest BCUT2D eigenvalue weighted by atomic mass is 19.4. The number of pyridine rings is 1. The van der Waals surface area contributed by atoms with Crippen LogP contribution in [0.15, 0.2) is 65.8 Å². The lowest BCUT2D eigenvalue weighted by molar-refractivity contribution is -0.137. The van der Waals surface area contributed by atoms with Crippen molar-refractivity contribution in [2.45, 2.75) is 6.18 Å². The average Bonchev–Trinajstić information content (AvgIpc) is 2.79. The molecule has 1 fully saturated rings. The minimum absolute atomic E-state index is 0.0421. The first kappa shape index (κ1) is 20.6. The highest BCUT2D eigenvalue weighted by molar-refractivity contribution is 5.94. The van der Waals surface area contributed by atoms with E-state index in [-0.39, 0.29) is 17.2 Å². The van der Waals surface area contributed by atoms with Gasteiger partial charge in [-0.1, -0.05) is 6.07 Å². The maximum Gasteiger partial charge on any atom is 0.416 e. The molecule has 0 radical (unpaired) electrons. The van der Waals surface area contributed by atoms with Crippen molar-refractivity contribution in [3.63, 3.8) is 0 Å². The van der Waals surface area contributed by atoms with Crippen LogP contribution in [0, 0.1) is 0 Å². The number of carbonyl (C=O) groups is 1. The van der Waals surface area contributed by atoms with Crippen molar-refractivity contribution in [2.75, 3.05) is 31.1 Å². The lowest BCUT2D eigenvalue weighted by Gasteiger charge is -2.34. The number of aromatic nitrogens is 3. The van der Waals surface area contributed by atoms with Gasteiger partial charge in [0.05, 0.1) is 11.1 Å². The van der Waals surface area contributed by atoms with Crippen molar-refractivity contribution >= 4 is 11.9 Å². The molecule has 4 rings (SSSR count). The molecule has 31 heavy (non-hydrogen) atoms. The molecule has 3 aromatic rings. The van der Waals surface area contributed by atoms with Crippen LogP contribution in [0.2, 0.25) is 0 Å². The fourth-order valence-corrected chi connectivity index (χ4v) is 3.39. The van der Waals surface area contributed by atoms with Gasteiger partial charge in [0.2, 0.25) is 5.95 Å². The van der Waals surface area contributed by atoms with Gasteiger partial charge < -0.3 is 9.80 Å². The SMILES string of the molecule is O=C(c1ccc(=O)n(-c2cccc(C(F)(F)F)c2)c1)N1CCN(c2ncccn2)CC1. The molecule has 3 heterocycles. The second-order valence-corrected chi connectivity index (χ2v) is 7.00. The third-order valence-electron chi connectivity index (χ3n) is 5.01. The Hall–Kier alpha value is -3.69. The van der Waals surface area contributed by atoms with Crippen LogP contribution in [0.1, 0.15) is 15.9 Å². The van der Waals surface area contributed by atoms with E-state index in [1.54, 1.807) is 23.4 Å². The summed E-state index contributed by atoms with van der Waals surface area (Å²) in [7, 11) is 0. The minimum atomic E-state index is -4.53. The van der Waals surface area contributed by atoms with Gasteiger partial charge in [0, 0.05) is 56.5 Å². The van der Waals surface area contributed by atoms with Gasteiger partial charge in [-0.15, -0.1) is 0 Å². The number of hydrogen-bond acceptors (Lipinski definition) is 5. The molecule has 1 amide bonds. The number of amides is 1. The van der Waals surface area contributed by atoms with Gasteiger partial charge in [-0.3, -0.25) is 14.2 Å². The predicted octanol–water partition coefficient (Wildman–Crippen LogP) is 2.61. The third kappa shape index (κ3) is 4.42. The Bertz CT molecular complexity index is 1140. The summed E-state index contributed by atoms with van der Waals surface area (Å²) in [6.07, 6.45) is 0.0514. The summed E-state index contributed by atoms with van der Waals surface area (Å²) in [5, 5.41) is 0. The average molecular weight is 429 g/mol. The summed E-state index contributed by atoms with van der Waals surface area (Å²) in [4.78, 5) is 37.2. The molecule has 2 aromatic heterocycles. The summed E-state index contributed by atoms with van der Waals surface area (Å²) < 4.78 is 40.1. The topological polar surface area (TPSA) is 71.3 Å². The highest BCUT2D eigenvalue weighted by Gasteiger charge is 2.30. The molecule has 1 aliphatic heterocycles. The van der Waals surface area contributed by atoms with Crippen LogP contribution in [0.5, 0.6) is 0 Å². The number of alkyl halides is 3. The molecule has 0 N–H and O–H groups in total. The molecule has 0 aliphatic carbocycles. The Balaban J connectivity index is 1.54. The fraction of sp³-hybridized carbons (Fsp3) is 0.238. The first-order valence-corrected chi connectivity index (χ1v) is 9.54.